The summed E-state index contributed by atoms with van der Waals surface area (Å²) < 4.78 is 10.8. The van der Waals surface area contributed by atoms with E-state index in [1.165, 1.54) is 0 Å². The van der Waals surface area contributed by atoms with Crippen molar-refractivity contribution in [2.24, 2.45) is 5.92 Å². The average molecular weight is 456 g/mol. The number of hydrazine groups is 1. The highest BCUT2D eigenvalue weighted by Crippen LogP contribution is 2.48. The van der Waals surface area contributed by atoms with Crippen molar-refractivity contribution in [2.45, 2.75) is 37.1 Å². The van der Waals surface area contributed by atoms with Crippen molar-refractivity contribution >= 4 is 17.4 Å². The molecule has 0 bridgehead atoms. The molecule has 0 spiro atoms. The lowest BCUT2D eigenvalue weighted by molar-refractivity contribution is -0.117. The third kappa shape index (κ3) is 3.55. The predicted octanol–water partition coefficient (Wildman–Crippen LogP) is 2.81. The molecule has 5 atom stereocenters. The standard InChI is InChI=1S/C24H26ClN3O4/c1-31-18-7-6-12(11-19(18)32-2)14-9-16-21(17(29)10-14)20(13-4-3-5-15(25)8-13)22-23(26-16)27-28-24(22)30/h3-8,11,14,20,22-24,26-28,30H,9-10H2,1-2H3/t14-,20-,22?,23?,24?/m1/s1. The van der Waals surface area contributed by atoms with Gasteiger partial charge < -0.3 is 19.9 Å². The molecule has 0 aromatic heterocycles. The van der Waals surface area contributed by atoms with E-state index in [0.29, 0.717) is 29.4 Å². The number of ketones is 1. The number of benzene rings is 2. The molecule has 7 nitrogen and oxygen atoms in total. The first-order valence-electron chi connectivity index (χ1n) is 10.7. The van der Waals surface area contributed by atoms with Crippen LogP contribution in [-0.4, -0.2) is 37.5 Å². The molecule has 0 amide bonds. The Labute approximate surface area is 191 Å². The fourth-order valence-electron chi connectivity index (χ4n) is 5.30. The van der Waals surface area contributed by atoms with Crippen molar-refractivity contribution in [1.29, 1.82) is 0 Å². The summed E-state index contributed by atoms with van der Waals surface area (Å²) in [6, 6.07) is 13.4. The average Bonchev–Trinajstić information content (AvgIpc) is 3.17. The Bertz CT molecular complexity index is 1090. The molecule has 5 rings (SSSR count). The number of aliphatic hydroxyl groups excluding tert-OH is 1. The minimum Gasteiger partial charge on any atom is -0.493 e. The van der Waals surface area contributed by atoms with Crippen molar-refractivity contribution in [3.05, 3.63) is 69.9 Å². The van der Waals surface area contributed by atoms with Crippen LogP contribution in [0.15, 0.2) is 53.7 Å². The quantitative estimate of drug-likeness (QED) is 0.563. The normalized spacial score (nSPS) is 29.2. The molecule has 168 valence electrons. The summed E-state index contributed by atoms with van der Waals surface area (Å²) in [5.41, 5.74) is 9.67. The van der Waals surface area contributed by atoms with E-state index in [1.807, 2.05) is 42.5 Å². The molecule has 4 N–H and O–H groups in total. The number of fused-ring (bicyclic) bond motifs is 1. The van der Waals surface area contributed by atoms with Crippen LogP contribution in [0.4, 0.5) is 0 Å². The molecular weight excluding hydrogens is 430 g/mol. The number of hydrogen-bond donors (Lipinski definition) is 4. The minimum atomic E-state index is -0.790. The van der Waals surface area contributed by atoms with Crippen LogP contribution in [0.1, 0.15) is 35.8 Å². The van der Waals surface area contributed by atoms with Gasteiger partial charge in [0.15, 0.2) is 17.3 Å². The summed E-state index contributed by atoms with van der Waals surface area (Å²) in [4.78, 5) is 13.5. The van der Waals surface area contributed by atoms with E-state index in [1.54, 1.807) is 14.2 Å². The number of carbonyl (C=O) groups excluding carboxylic acids is 1. The van der Waals surface area contributed by atoms with Gasteiger partial charge in [-0.05, 0) is 47.7 Å². The van der Waals surface area contributed by atoms with Crippen molar-refractivity contribution in [1.82, 2.24) is 16.2 Å². The molecule has 1 fully saturated rings. The van der Waals surface area contributed by atoms with Crippen LogP contribution in [0.5, 0.6) is 11.5 Å². The third-order valence-electron chi connectivity index (χ3n) is 6.76. The molecule has 1 aliphatic carbocycles. The zero-order valence-electron chi connectivity index (χ0n) is 17.9. The summed E-state index contributed by atoms with van der Waals surface area (Å²) in [6.45, 7) is 0. The van der Waals surface area contributed by atoms with Gasteiger partial charge in [-0.3, -0.25) is 4.79 Å². The fourth-order valence-corrected chi connectivity index (χ4v) is 5.50. The number of carbonyl (C=O) groups is 1. The van der Waals surface area contributed by atoms with Gasteiger partial charge in [0.05, 0.1) is 20.4 Å². The molecular formula is C24H26ClN3O4. The topological polar surface area (TPSA) is 91.9 Å². The van der Waals surface area contributed by atoms with E-state index >= 15 is 0 Å². The van der Waals surface area contributed by atoms with Crippen molar-refractivity contribution < 1.29 is 19.4 Å². The second-order valence-electron chi connectivity index (χ2n) is 8.50. The summed E-state index contributed by atoms with van der Waals surface area (Å²) in [5, 5.41) is 14.7. The molecule has 0 saturated carbocycles. The van der Waals surface area contributed by atoms with Gasteiger partial charge in [-0.1, -0.05) is 29.8 Å². The Balaban J connectivity index is 1.55. The third-order valence-corrected chi connectivity index (χ3v) is 6.99. The number of hydrogen-bond acceptors (Lipinski definition) is 7. The van der Waals surface area contributed by atoms with E-state index in [4.69, 9.17) is 21.1 Å². The number of methoxy groups -OCH3 is 2. The monoisotopic (exact) mass is 455 g/mol. The fraction of sp³-hybridized carbons (Fsp3) is 0.375. The number of allylic oxidation sites excluding steroid dienone is 2. The van der Waals surface area contributed by atoms with Crippen LogP contribution < -0.4 is 25.6 Å². The number of rotatable bonds is 4. The Kier molecular flexibility index (Phi) is 5.59. The lowest BCUT2D eigenvalue weighted by Crippen LogP contribution is -2.51. The Morgan fingerprint density at radius 1 is 1.00 bits per heavy atom. The SMILES string of the molecule is COc1ccc([C@H]2CC(=O)C3=C(C2)NC2NNC(O)C2[C@@H]3c2cccc(Cl)c2)cc1OC. The summed E-state index contributed by atoms with van der Waals surface area (Å²) in [5.74, 6) is 0.911. The van der Waals surface area contributed by atoms with Crippen molar-refractivity contribution in [3.63, 3.8) is 0 Å². The molecule has 2 aromatic carbocycles. The van der Waals surface area contributed by atoms with Crippen LogP contribution in [0.25, 0.3) is 0 Å². The molecule has 1 saturated heterocycles. The molecule has 3 aliphatic rings. The van der Waals surface area contributed by atoms with Gasteiger partial charge in [0.2, 0.25) is 0 Å². The second-order valence-corrected chi connectivity index (χ2v) is 8.94. The number of Topliss-reactive ketones (excluding diaryl/α,β-unsaturated/α-hetero) is 1. The van der Waals surface area contributed by atoms with E-state index < -0.39 is 6.23 Å². The molecule has 3 unspecified atom stereocenters. The van der Waals surface area contributed by atoms with Gasteiger partial charge in [0, 0.05) is 34.5 Å². The molecule has 2 heterocycles. The molecule has 2 aromatic rings. The second kappa shape index (κ2) is 8.41. The van der Waals surface area contributed by atoms with E-state index in [2.05, 4.69) is 16.2 Å². The highest BCUT2D eigenvalue weighted by Gasteiger charge is 2.49. The zero-order valence-corrected chi connectivity index (χ0v) is 18.6. The Hall–Kier alpha value is -2.58. The van der Waals surface area contributed by atoms with Gasteiger partial charge in [-0.2, -0.15) is 0 Å². The van der Waals surface area contributed by atoms with Crippen molar-refractivity contribution in [3.8, 4) is 11.5 Å². The maximum absolute atomic E-state index is 13.5. The number of halogens is 1. The van der Waals surface area contributed by atoms with E-state index in [-0.39, 0.29) is 29.7 Å². The molecule has 2 aliphatic heterocycles. The van der Waals surface area contributed by atoms with Gasteiger partial charge in [0.25, 0.3) is 0 Å². The minimum absolute atomic E-state index is 0.0180. The summed E-state index contributed by atoms with van der Waals surface area (Å²) in [7, 11) is 3.21. The number of nitrogens with one attached hydrogen (secondary N) is 3. The lowest BCUT2D eigenvalue weighted by Gasteiger charge is -2.42. The maximum Gasteiger partial charge on any atom is 0.161 e. The highest BCUT2D eigenvalue weighted by atomic mass is 35.5. The Morgan fingerprint density at radius 2 is 1.81 bits per heavy atom. The first-order chi connectivity index (χ1) is 15.5. The molecule has 32 heavy (non-hydrogen) atoms. The number of ether oxygens (including phenoxy) is 2. The summed E-state index contributed by atoms with van der Waals surface area (Å²) in [6.07, 6.45) is 0.0855. The van der Waals surface area contributed by atoms with Crippen LogP contribution in [0, 0.1) is 5.92 Å². The first kappa shape index (κ1) is 21.3. The number of aliphatic hydroxyl groups is 1. The summed E-state index contributed by atoms with van der Waals surface area (Å²) >= 11 is 6.28. The molecule has 8 heteroatoms. The van der Waals surface area contributed by atoms with Crippen LogP contribution in [-0.2, 0) is 4.79 Å². The van der Waals surface area contributed by atoms with Gasteiger partial charge in [-0.15, -0.1) is 0 Å². The van der Waals surface area contributed by atoms with Gasteiger partial charge in [0.1, 0.15) is 6.23 Å². The van der Waals surface area contributed by atoms with Crippen LogP contribution >= 0.6 is 11.6 Å². The largest absolute Gasteiger partial charge is 0.493 e. The van der Waals surface area contributed by atoms with Crippen LogP contribution in [0.3, 0.4) is 0 Å². The first-order valence-corrected chi connectivity index (χ1v) is 11.1. The van der Waals surface area contributed by atoms with E-state index in [9.17, 15) is 9.90 Å². The van der Waals surface area contributed by atoms with Crippen molar-refractivity contribution in [2.75, 3.05) is 14.2 Å². The van der Waals surface area contributed by atoms with E-state index in [0.717, 1.165) is 22.4 Å². The molecule has 0 radical (unpaired) electrons. The van der Waals surface area contributed by atoms with Gasteiger partial charge >= 0.3 is 0 Å². The smallest absolute Gasteiger partial charge is 0.161 e. The highest BCUT2D eigenvalue weighted by molar-refractivity contribution is 6.30. The lowest BCUT2D eigenvalue weighted by atomic mass is 9.69. The maximum atomic E-state index is 13.5. The van der Waals surface area contributed by atoms with Crippen LogP contribution in [0.2, 0.25) is 5.02 Å². The van der Waals surface area contributed by atoms with Gasteiger partial charge in [-0.25, -0.2) is 10.9 Å². The Morgan fingerprint density at radius 3 is 2.56 bits per heavy atom. The predicted molar refractivity (Wildman–Crippen MR) is 120 cm³/mol. The zero-order chi connectivity index (χ0) is 22.4.